The van der Waals surface area contributed by atoms with E-state index in [4.69, 9.17) is 18.9 Å². The van der Waals surface area contributed by atoms with E-state index in [1.807, 2.05) is 0 Å². The molecule has 366 valence electrons. The number of nitrogens with zero attached hydrogens (tertiary/aromatic N) is 3. The van der Waals surface area contributed by atoms with Crippen LogP contribution in [0.3, 0.4) is 0 Å². The molecule has 0 saturated carbocycles. The highest BCUT2D eigenvalue weighted by atomic mass is 16.6. The first-order valence-corrected chi connectivity index (χ1v) is 21.2. The Balaban J connectivity index is 2.88. The molecule has 1 aliphatic rings. The Morgan fingerprint density at radius 3 is 1.94 bits per heavy atom. The van der Waals surface area contributed by atoms with Crippen molar-refractivity contribution in [1.29, 1.82) is 0 Å². The number of benzene rings is 1. The van der Waals surface area contributed by atoms with Crippen LogP contribution < -0.4 is 21.3 Å². The van der Waals surface area contributed by atoms with Crippen LogP contribution >= 0.6 is 0 Å². The Kier molecular flexibility index (Phi) is 20.9. The Morgan fingerprint density at radius 2 is 1.42 bits per heavy atom. The molecular weight excluding hydrogens is 867 g/mol. The van der Waals surface area contributed by atoms with E-state index < -0.39 is 138 Å². The minimum Gasteiger partial charge on any atom is -0.458 e. The number of hydrogen-bond donors (Lipinski definition) is 5. The van der Waals surface area contributed by atoms with Crippen molar-refractivity contribution in [3.8, 4) is 0 Å². The van der Waals surface area contributed by atoms with Crippen molar-refractivity contribution < 1.29 is 72.0 Å². The van der Waals surface area contributed by atoms with Crippen molar-refractivity contribution >= 4 is 59.3 Å². The summed E-state index contributed by atoms with van der Waals surface area (Å²) in [6.07, 6.45) is -7.68. The van der Waals surface area contributed by atoms with Crippen LogP contribution in [0.5, 0.6) is 0 Å². The molecule has 0 bridgehead atoms. The van der Waals surface area contributed by atoms with Crippen LogP contribution in [0, 0.1) is 5.92 Å². The van der Waals surface area contributed by atoms with E-state index in [0.29, 0.717) is 5.56 Å². The van der Waals surface area contributed by atoms with Gasteiger partial charge in [-0.15, -0.1) is 0 Å². The quantitative estimate of drug-likeness (QED) is 0.0981. The number of rotatable bonds is 11. The fourth-order valence-electron chi connectivity index (χ4n) is 6.74. The van der Waals surface area contributed by atoms with Gasteiger partial charge in [0.25, 0.3) is 11.8 Å². The summed E-state index contributed by atoms with van der Waals surface area (Å²) in [6, 6.07) is -1.29. The lowest BCUT2D eigenvalue weighted by Gasteiger charge is -2.38. The molecule has 11 atom stereocenters. The number of nitrogens with one attached hydrogen (secondary N) is 4. The number of cyclic esters (lactones) is 2. The molecule has 1 saturated heterocycles. The summed E-state index contributed by atoms with van der Waals surface area (Å²) in [7, 11) is 4.82. The summed E-state index contributed by atoms with van der Waals surface area (Å²) in [6.45, 7) is 15.4. The monoisotopic (exact) mass is 931 g/mol. The maximum atomic E-state index is 14.8. The molecule has 2 rings (SSSR count). The molecule has 0 spiro atoms. The molecule has 0 unspecified atom stereocenters. The lowest BCUT2D eigenvalue weighted by Crippen LogP contribution is -2.63. The average Bonchev–Trinajstić information content (AvgIpc) is 3.25. The normalized spacial score (nSPS) is 25.5. The van der Waals surface area contributed by atoms with Crippen molar-refractivity contribution in [3.63, 3.8) is 0 Å². The summed E-state index contributed by atoms with van der Waals surface area (Å²) in [5.74, 6) is -10.7. The standard InChI is InChI=1S/C44H65N7O15/c1-21(2)36(66-42(60)32(25(6)52)46-28(9)53)34-41(59)51(13)35(27(8)63-14)44(62)64-26(7)33(47-29(10)54)43(61)65-31(20-30-18-16-15-17-19-30)40(58)50(12)23(4)37(55)45-22(3)39(57)49(11)24(5)38(56)48-34/h15-19,21-22,24-27,31-36,52H,4,20H2,1-3,5-14H3,(H,45,55)(H,46,53)(H,47,54)(H,48,56)/t22-,24-,25+,26+,27+,31+,32-,33-,34-,35-,36+/m0/s1. The number of amides is 7. The van der Waals surface area contributed by atoms with E-state index >= 15 is 0 Å². The Bertz CT molecular complexity index is 1980. The second-order valence-electron chi connectivity index (χ2n) is 16.5. The third-order valence-electron chi connectivity index (χ3n) is 10.9. The van der Waals surface area contributed by atoms with Gasteiger partial charge in [-0.3, -0.25) is 33.6 Å². The van der Waals surface area contributed by atoms with Crippen LogP contribution in [-0.2, 0) is 73.3 Å². The van der Waals surface area contributed by atoms with Gasteiger partial charge < -0.3 is 60.0 Å². The summed E-state index contributed by atoms with van der Waals surface area (Å²) < 4.78 is 22.7. The van der Waals surface area contributed by atoms with Gasteiger partial charge in [0.05, 0.1) is 12.2 Å². The maximum Gasteiger partial charge on any atom is 0.333 e. The molecule has 0 aliphatic carbocycles. The van der Waals surface area contributed by atoms with Gasteiger partial charge in [-0.1, -0.05) is 50.8 Å². The number of carbonyl (C=O) groups is 10. The van der Waals surface area contributed by atoms with Gasteiger partial charge in [-0.2, -0.15) is 0 Å². The lowest BCUT2D eigenvalue weighted by atomic mass is 9.96. The smallest absolute Gasteiger partial charge is 0.333 e. The van der Waals surface area contributed by atoms with Gasteiger partial charge >= 0.3 is 17.9 Å². The van der Waals surface area contributed by atoms with E-state index in [0.717, 1.165) is 35.6 Å². The van der Waals surface area contributed by atoms with Crippen molar-refractivity contribution in [2.75, 3.05) is 28.3 Å². The van der Waals surface area contributed by atoms with Crippen molar-refractivity contribution in [2.24, 2.45) is 5.92 Å². The van der Waals surface area contributed by atoms with Crippen molar-refractivity contribution in [1.82, 2.24) is 36.0 Å². The van der Waals surface area contributed by atoms with Gasteiger partial charge in [-0.05, 0) is 46.1 Å². The highest BCUT2D eigenvalue weighted by Crippen LogP contribution is 2.21. The second kappa shape index (κ2) is 24.8. The van der Waals surface area contributed by atoms with Crippen LogP contribution in [0.4, 0.5) is 0 Å². The largest absolute Gasteiger partial charge is 0.458 e. The van der Waals surface area contributed by atoms with Crippen LogP contribution in [0.15, 0.2) is 42.6 Å². The van der Waals surface area contributed by atoms with Gasteiger partial charge in [0.2, 0.25) is 29.5 Å². The number of aliphatic hydroxyl groups excluding tert-OH is 1. The molecule has 0 radical (unpaired) electrons. The average molecular weight is 932 g/mol. The van der Waals surface area contributed by atoms with Crippen LogP contribution in [0.1, 0.15) is 67.9 Å². The number of carbonyl (C=O) groups excluding carboxylic acids is 10. The second-order valence-corrected chi connectivity index (χ2v) is 16.5. The Morgan fingerprint density at radius 1 is 0.833 bits per heavy atom. The third-order valence-corrected chi connectivity index (χ3v) is 10.9. The Labute approximate surface area is 384 Å². The number of likely N-dealkylation sites (N-methyl/N-ethyl adjacent to an activating group) is 3. The van der Waals surface area contributed by atoms with E-state index in [2.05, 4.69) is 27.8 Å². The van der Waals surface area contributed by atoms with Crippen molar-refractivity contribution in [2.45, 2.75) is 136 Å². The van der Waals surface area contributed by atoms with E-state index in [1.54, 1.807) is 30.3 Å². The zero-order chi connectivity index (χ0) is 50.5. The molecule has 22 heteroatoms. The summed E-state index contributed by atoms with van der Waals surface area (Å²) in [4.78, 5) is 139. The SMILES string of the molecule is C=C1C(=O)N[C@@H](C)C(=O)N(C)[C@@H](C)C(=O)N[C@@H]([C@H](OC(=O)[C@@H](NC(C)=O)[C@@H](C)O)C(C)C)C(=O)N(C)[C@@H]([C@@H](C)OC)C(=O)O[C@H](C)[C@H](NC(C)=O)C(=O)O[C@H](Cc2ccccc2)C(=O)N1C. The van der Waals surface area contributed by atoms with Gasteiger partial charge in [0.15, 0.2) is 24.2 Å². The number of aliphatic hydroxyl groups is 1. The summed E-state index contributed by atoms with van der Waals surface area (Å²) in [5.41, 5.74) is 0.0522. The molecule has 1 aromatic carbocycles. The number of hydrogen-bond acceptors (Lipinski definition) is 15. The molecule has 1 fully saturated rings. The predicted molar refractivity (Wildman–Crippen MR) is 234 cm³/mol. The first-order valence-electron chi connectivity index (χ1n) is 21.2. The number of ether oxygens (including phenoxy) is 4. The van der Waals surface area contributed by atoms with E-state index in [9.17, 15) is 53.1 Å². The van der Waals surface area contributed by atoms with Crippen LogP contribution in [0.2, 0.25) is 0 Å². The topological polar surface area (TPSA) is 286 Å². The summed E-state index contributed by atoms with van der Waals surface area (Å²) in [5, 5.41) is 20.0. The molecule has 7 amide bonds. The first-order chi connectivity index (χ1) is 30.7. The molecule has 1 aromatic rings. The third kappa shape index (κ3) is 14.8. The highest BCUT2D eigenvalue weighted by molar-refractivity contribution is 6.01. The predicted octanol–water partition coefficient (Wildman–Crippen LogP) is -1.29. The lowest BCUT2D eigenvalue weighted by molar-refractivity contribution is -0.174. The molecule has 1 aliphatic heterocycles. The minimum atomic E-state index is -1.85. The molecule has 66 heavy (non-hydrogen) atoms. The van der Waals surface area contributed by atoms with Gasteiger partial charge in [0.1, 0.15) is 36.0 Å². The molecule has 5 N–H and O–H groups in total. The van der Waals surface area contributed by atoms with Crippen LogP contribution in [0.25, 0.3) is 0 Å². The number of methoxy groups -OCH3 is 1. The Hall–Kier alpha value is -6.42. The minimum absolute atomic E-state index is 0.230. The zero-order valence-corrected chi connectivity index (χ0v) is 39.7. The fraction of sp³-hybridized carbons (Fsp3) is 0.591. The zero-order valence-electron chi connectivity index (χ0n) is 39.7. The van der Waals surface area contributed by atoms with E-state index in [1.165, 1.54) is 69.7 Å². The van der Waals surface area contributed by atoms with E-state index in [-0.39, 0.29) is 6.42 Å². The van der Waals surface area contributed by atoms with Crippen molar-refractivity contribution in [3.05, 3.63) is 48.2 Å². The van der Waals surface area contributed by atoms with Gasteiger partial charge in [0, 0.05) is 48.5 Å². The molecular formula is C44H65N7O15. The first kappa shape index (κ1) is 55.7. The number of esters is 3. The van der Waals surface area contributed by atoms with Crippen LogP contribution in [-0.4, -0.2) is 174 Å². The molecule has 0 aromatic heterocycles. The van der Waals surface area contributed by atoms with Gasteiger partial charge in [-0.25, -0.2) is 14.4 Å². The molecule has 22 nitrogen and oxygen atoms in total. The molecule has 1 heterocycles. The fourth-order valence-corrected chi connectivity index (χ4v) is 6.74. The maximum absolute atomic E-state index is 14.8. The highest BCUT2D eigenvalue weighted by Gasteiger charge is 2.45. The summed E-state index contributed by atoms with van der Waals surface area (Å²) >= 11 is 0.